The molecule has 6 heteroatoms. The molecule has 2 aromatic rings. The van der Waals surface area contributed by atoms with Gasteiger partial charge in [-0.2, -0.15) is 0 Å². The van der Waals surface area contributed by atoms with Crippen LogP contribution in [-0.4, -0.2) is 43.4 Å². The molecule has 0 aliphatic heterocycles. The Morgan fingerprint density at radius 1 is 1.03 bits per heavy atom. The van der Waals surface area contributed by atoms with Gasteiger partial charge in [0.05, 0.1) is 16.6 Å². The van der Waals surface area contributed by atoms with E-state index in [0.29, 0.717) is 17.1 Å². The molecule has 0 spiro atoms. The summed E-state index contributed by atoms with van der Waals surface area (Å²) in [6.07, 6.45) is 0.991. The molecular weight excluding hydrogens is 398 g/mol. The van der Waals surface area contributed by atoms with E-state index in [4.69, 9.17) is 11.6 Å². The van der Waals surface area contributed by atoms with Gasteiger partial charge < -0.3 is 15.5 Å². The van der Waals surface area contributed by atoms with E-state index in [0.717, 1.165) is 12.0 Å². The molecule has 2 aromatic carbocycles. The molecule has 0 bridgehead atoms. The Morgan fingerprint density at radius 3 is 2.20 bits per heavy atom. The molecule has 0 aliphatic rings. The minimum absolute atomic E-state index is 0.0342. The van der Waals surface area contributed by atoms with Gasteiger partial charge in [-0.05, 0) is 49.7 Å². The topological polar surface area (TPSA) is 61.4 Å². The summed E-state index contributed by atoms with van der Waals surface area (Å²) in [5.41, 5.74) is 2.78. The molecular formula is C24H32ClN3O2. The predicted octanol–water partition coefficient (Wildman–Crippen LogP) is 4.08. The van der Waals surface area contributed by atoms with Crippen molar-refractivity contribution in [2.45, 2.75) is 39.3 Å². The first-order valence-corrected chi connectivity index (χ1v) is 10.7. The molecule has 2 rings (SSSR count). The van der Waals surface area contributed by atoms with Gasteiger partial charge in [0.2, 0.25) is 5.91 Å². The monoisotopic (exact) mass is 429 g/mol. The van der Waals surface area contributed by atoms with Crippen LogP contribution in [0.2, 0.25) is 5.02 Å². The molecule has 30 heavy (non-hydrogen) atoms. The lowest BCUT2D eigenvalue weighted by molar-refractivity contribution is -0.124. The van der Waals surface area contributed by atoms with Crippen LogP contribution in [0.15, 0.2) is 48.5 Å². The maximum atomic E-state index is 12.9. The maximum Gasteiger partial charge on any atom is 0.253 e. The maximum absolute atomic E-state index is 12.9. The molecule has 162 valence electrons. The summed E-state index contributed by atoms with van der Waals surface area (Å²) in [5.74, 6) is -0.630. The van der Waals surface area contributed by atoms with Gasteiger partial charge in [-0.1, -0.05) is 68.8 Å². The number of nitrogens with one attached hydrogen (secondary N) is 2. The minimum Gasteiger partial charge on any atom is -0.352 e. The number of aryl methyl sites for hydroxylation is 1. The zero-order valence-corrected chi connectivity index (χ0v) is 19.2. The minimum atomic E-state index is -0.654. The smallest absolute Gasteiger partial charge is 0.253 e. The van der Waals surface area contributed by atoms with Crippen LogP contribution < -0.4 is 10.6 Å². The number of carbonyl (C=O) groups excluding carboxylic acids is 2. The molecule has 0 radical (unpaired) electrons. The molecule has 2 N–H and O–H groups in total. The predicted molar refractivity (Wildman–Crippen MR) is 123 cm³/mol. The fraction of sp³-hybridized carbons (Fsp3) is 0.417. The molecule has 2 atom stereocenters. The van der Waals surface area contributed by atoms with E-state index in [1.54, 1.807) is 24.3 Å². The van der Waals surface area contributed by atoms with Crippen molar-refractivity contribution in [2.75, 3.05) is 20.6 Å². The molecule has 0 heterocycles. The Morgan fingerprint density at radius 2 is 1.67 bits per heavy atom. The molecule has 0 aliphatic carbocycles. The van der Waals surface area contributed by atoms with Gasteiger partial charge in [0.25, 0.3) is 5.91 Å². The highest BCUT2D eigenvalue weighted by molar-refractivity contribution is 6.33. The number of hydrogen-bond acceptors (Lipinski definition) is 3. The highest BCUT2D eigenvalue weighted by atomic mass is 35.5. The molecule has 0 saturated heterocycles. The number of benzene rings is 2. The highest BCUT2D eigenvalue weighted by Gasteiger charge is 2.26. The average molecular weight is 430 g/mol. The Bertz CT molecular complexity index is 850. The summed E-state index contributed by atoms with van der Waals surface area (Å²) < 4.78 is 0. The summed E-state index contributed by atoms with van der Waals surface area (Å²) >= 11 is 6.12. The average Bonchev–Trinajstić information content (AvgIpc) is 2.72. The SMILES string of the molecule is CCc1ccc([C@H](CNC(=O)[C@@H](NC(=O)c2ccccc2Cl)C(C)C)N(C)C)cc1. The summed E-state index contributed by atoms with van der Waals surface area (Å²) in [6, 6.07) is 14.6. The van der Waals surface area contributed by atoms with Gasteiger partial charge in [-0.15, -0.1) is 0 Å². The number of rotatable bonds is 9. The van der Waals surface area contributed by atoms with Gasteiger partial charge >= 0.3 is 0 Å². The van der Waals surface area contributed by atoms with Crippen molar-refractivity contribution >= 4 is 23.4 Å². The van der Waals surface area contributed by atoms with E-state index in [2.05, 4.69) is 46.7 Å². The molecule has 2 amide bonds. The van der Waals surface area contributed by atoms with Crippen LogP contribution >= 0.6 is 11.6 Å². The van der Waals surface area contributed by atoms with Crippen LogP contribution in [-0.2, 0) is 11.2 Å². The van der Waals surface area contributed by atoms with Gasteiger partial charge in [0, 0.05) is 6.54 Å². The van der Waals surface area contributed by atoms with Crippen molar-refractivity contribution in [1.29, 1.82) is 0 Å². The number of amides is 2. The Hall–Kier alpha value is -2.37. The van der Waals surface area contributed by atoms with Gasteiger partial charge in [0.1, 0.15) is 6.04 Å². The third-order valence-electron chi connectivity index (χ3n) is 5.22. The van der Waals surface area contributed by atoms with Crippen molar-refractivity contribution in [3.63, 3.8) is 0 Å². The lowest BCUT2D eigenvalue weighted by Crippen LogP contribution is -2.51. The van der Waals surface area contributed by atoms with E-state index in [1.165, 1.54) is 5.56 Å². The third kappa shape index (κ3) is 6.31. The van der Waals surface area contributed by atoms with Crippen LogP contribution in [0.25, 0.3) is 0 Å². The summed E-state index contributed by atoms with van der Waals surface area (Å²) in [6.45, 7) is 6.39. The van der Waals surface area contributed by atoms with Crippen molar-refractivity contribution in [3.8, 4) is 0 Å². The first-order chi connectivity index (χ1) is 14.2. The standard InChI is InChI=1S/C24H32ClN3O2/c1-6-17-11-13-18(14-12-17)21(28(4)5)15-26-24(30)22(16(2)3)27-23(29)19-9-7-8-10-20(19)25/h7-14,16,21-22H,6,15H2,1-5H3,(H,26,30)(H,27,29)/t21-,22-/m0/s1. The Balaban J connectivity index is 2.07. The van der Waals surface area contributed by atoms with Crippen LogP contribution in [0.3, 0.4) is 0 Å². The van der Waals surface area contributed by atoms with Gasteiger partial charge in [0.15, 0.2) is 0 Å². The van der Waals surface area contributed by atoms with Crippen molar-refractivity contribution in [1.82, 2.24) is 15.5 Å². The lowest BCUT2D eigenvalue weighted by atomic mass is 10.0. The fourth-order valence-corrected chi connectivity index (χ4v) is 3.50. The second-order valence-corrected chi connectivity index (χ2v) is 8.40. The Labute approximate surface area is 184 Å². The number of halogens is 1. The van der Waals surface area contributed by atoms with Crippen molar-refractivity contribution in [3.05, 3.63) is 70.2 Å². The van der Waals surface area contributed by atoms with E-state index in [1.807, 2.05) is 27.9 Å². The van der Waals surface area contributed by atoms with Crippen LogP contribution in [0.5, 0.6) is 0 Å². The van der Waals surface area contributed by atoms with Crippen LogP contribution in [0, 0.1) is 5.92 Å². The van der Waals surface area contributed by atoms with E-state index >= 15 is 0 Å². The summed E-state index contributed by atoms with van der Waals surface area (Å²) in [7, 11) is 3.98. The van der Waals surface area contributed by atoms with E-state index < -0.39 is 6.04 Å². The van der Waals surface area contributed by atoms with Gasteiger partial charge in [-0.25, -0.2) is 0 Å². The van der Waals surface area contributed by atoms with Crippen molar-refractivity contribution < 1.29 is 9.59 Å². The quantitative estimate of drug-likeness (QED) is 0.631. The second-order valence-electron chi connectivity index (χ2n) is 7.99. The van der Waals surface area contributed by atoms with Crippen molar-refractivity contribution in [2.24, 2.45) is 5.92 Å². The van der Waals surface area contributed by atoms with Gasteiger partial charge in [-0.3, -0.25) is 9.59 Å². The fourth-order valence-electron chi connectivity index (χ4n) is 3.28. The Kier molecular flexibility index (Phi) is 8.88. The normalized spacial score (nSPS) is 13.2. The van der Waals surface area contributed by atoms with E-state index in [9.17, 15) is 9.59 Å². The zero-order valence-electron chi connectivity index (χ0n) is 18.4. The molecule has 5 nitrogen and oxygen atoms in total. The van der Waals surface area contributed by atoms with Crippen LogP contribution in [0.4, 0.5) is 0 Å². The number of likely N-dealkylation sites (N-methyl/N-ethyl adjacent to an activating group) is 1. The first kappa shape index (κ1) is 23.9. The first-order valence-electron chi connectivity index (χ1n) is 10.3. The molecule has 0 aromatic heterocycles. The number of carbonyl (C=O) groups is 2. The summed E-state index contributed by atoms with van der Waals surface area (Å²) in [4.78, 5) is 27.6. The number of nitrogens with zero attached hydrogens (tertiary/aromatic N) is 1. The molecule has 0 saturated carbocycles. The molecule has 0 unspecified atom stereocenters. The molecule has 0 fully saturated rings. The lowest BCUT2D eigenvalue weighted by Gasteiger charge is -2.27. The second kappa shape index (κ2) is 11.1. The zero-order chi connectivity index (χ0) is 22.3. The summed E-state index contributed by atoms with van der Waals surface area (Å²) in [5, 5.41) is 6.21. The highest BCUT2D eigenvalue weighted by Crippen LogP contribution is 2.19. The van der Waals surface area contributed by atoms with E-state index in [-0.39, 0.29) is 23.8 Å². The largest absolute Gasteiger partial charge is 0.352 e. The third-order valence-corrected chi connectivity index (χ3v) is 5.55. The van der Waals surface area contributed by atoms with Crippen LogP contribution in [0.1, 0.15) is 48.3 Å². The number of hydrogen-bond donors (Lipinski definition) is 2.